The lowest BCUT2D eigenvalue weighted by molar-refractivity contribution is -0.119. The van der Waals surface area contributed by atoms with Gasteiger partial charge in [0, 0.05) is 22.3 Å². The van der Waals surface area contributed by atoms with Crippen LogP contribution in [-0.2, 0) is 17.8 Å². The Labute approximate surface area is 176 Å². The van der Waals surface area contributed by atoms with Crippen LogP contribution in [0.2, 0.25) is 5.02 Å². The number of carbonyl (C=O) groups excluding carboxylic acids is 1. The molecule has 1 aliphatic rings. The molecule has 10 nitrogen and oxygen atoms in total. The van der Waals surface area contributed by atoms with Crippen molar-refractivity contribution < 1.29 is 4.79 Å². The molecule has 0 aliphatic carbocycles. The molecule has 11 heteroatoms. The van der Waals surface area contributed by atoms with Crippen LogP contribution < -0.4 is 4.90 Å². The minimum absolute atomic E-state index is 0.0144. The highest BCUT2D eigenvalue weighted by atomic mass is 35.5. The molecule has 0 fully saturated rings. The van der Waals surface area contributed by atoms with Gasteiger partial charge in [0.1, 0.15) is 12.9 Å². The third-order valence-corrected chi connectivity index (χ3v) is 5.24. The fraction of sp³-hybridized carbons (Fsp3) is 0.211. The van der Waals surface area contributed by atoms with Gasteiger partial charge in [0.2, 0.25) is 5.82 Å². The summed E-state index contributed by atoms with van der Waals surface area (Å²) in [4.78, 5) is 16.1. The van der Waals surface area contributed by atoms with Crippen LogP contribution in [0, 0.1) is 0 Å². The molecule has 1 atom stereocenters. The van der Waals surface area contributed by atoms with Crippen molar-refractivity contribution in [1.29, 1.82) is 0 Å². The second-order valence-electron chi connectivity index (χ2n) is 7.00. The molecule has 0 saturated heterocycles. The van der Waals surface area contributed by atoms with E-state index in [2.05, 4.69) is 30.9 Å². The van der Waals surface area contributed by atoms with Crippen LogP contribution in [0.5, 0.6) is 0 Å². The highest BCUT2D eigenvalue weighted by Crippen LogP contribution is 2.32. The second-order valence-corrected chi connectivity index (χ2v) is 7.44. The molecule has 0 N–H and O–H groups in total. The Balaban J connectivity index is 1.42. The van der Waals surface area contributed by atoms with Crippen molar-refractivity contribution in [2.24, 2.45) is 0 Å². The van der Waals surface area contributed by atoms with Gasteiger partial charge in [-0.1, -0.05) is 29.8 Å². The average molecular weight is 422 g/mol. The molecule has 0 saturated carbocycles. The lowest BCUT2D eigenvalue weighted by atomic mass is 10.1. The highest BCUT2D eigenvalue weighted by molar-refractivity contribution is 6.30. The summed E-state index contributed by atoms with van der Waals surface area (Å²) in [5, 5.41) is 24.3. The number of tetrazole rings is 2. The van der Waals surface area contributed by atoms with Crippen LogP contribution in [0.3, 0.4) is 0 Å². The molecule has 0 radical (unpaired) electrons. The normalized spacial score (nSPS) is 15.4. The molecule has 3 heterocycles. The number of fused-ring (bicyclic) bond motifs is 1. The molecule has 1 aliphatic heterocycles. The zero-order valence-electron chi connectivity index (χ0n) is 15.9. The second kappa shape index (κ2) is 7.30. The van der Waals surface area contributed by atoms with E-state index in [1.54, 1.807) is 23.1 Å². The summed E-state index contributed by atoms with van der Waals surface area (Å²) in [5.41, 5.74) is 3.36. The highest BCUT2D eigenvalue weighted by Gasteiger charge is 2.31. The summed E-state index contributed by atoms with van der Waals surface area (Å²) >= 11 is 6.13. The first-order valence-corrected chi connectivity index (χ1v) is 9.69. The SMILES string of the molecule is CC1Cc2ccccc2N1C(=O)Cn1nnc(-c2ccc(Cl)cc2-n2cnnn2)n1. The Bertz CT molecular complexity index is 1220. The van der Waals surface area contributed by atoms with Crippen molar-refractivity contribution in [1.82, 2.24) is 40.4 Å². The van der Waals surface area contributed by atoms with E-state index in [0.29, 0.717) is 22.1 Å². The summed E-state index contributed by atoms with van der Waals surface area (Å²) in [6, 6.07) is 13.2. The van der Waals surface area contributed by atoms with E-state index >= 15 is 0 Å². The fourth-order valence-corrected chi connectivity index (χ4v) is 3.88. The molecule has 0 spiro atoms. The monoisotopic (exact) mass is 421 g/mol. The number of halogens is 1. The summed E-state index contributed by atoms with van der Waals surface area (Å²) < 4.78 is 1.47. The van der Waals surface area contributed by atoms with Gasteiger partial charge in [-0.3, -0.25) is 4.79 Å². The number of rotatable bonds is 4. The van der Waals surface area contributed by atoms with Gasteiger partial charge in [0.05, 0.1) is 5.69 Å². The maximum absolute atomic E-state index is 13.0. The first-order chi connectivity index (χ1) is 14.6. The lowest BCUT2D eigenvalue weighted by Crippen LogP contribution is -2.38. The van der Waals surface area contributed by atoms with Gasteiger partial charge < -0.3 is 4.90 Å². The molecule has 150 valence electrons. The summed E-state index contributed by atoms with van der Waals surface area (Å²) in [5.74, 6) is 0.257. The Morgan fingerprint density at radius 3 is 2.87 bits per heavy atom. The Morgan fingerprint density at radius 1 is 1.17 bits per heavy atom. The molecule has 2 aromatic carbocycles. The van der Waals surface area contributed by atoms with Crippen LogP contribution >= 0.6 is 11.6 Å². The van der Waals surface area contributed by atoms with Crippen molar-refractivity contribution in [2.75, 3.05) is 4.90 Å². The van der Waals surface area contributed by atoms with E-state index in [0.717, 1.165) is 17.7 Å². The van der Waals surface area contributed by atoms with E-state index in [-0.39, 0.29) is 18.5 Å². The van der Waals surface area contributed by atoms with E-state index in [1.165, 1.54) is 15.8 Å². The van der Waals surface area contributed by atoms with E-state index in [4.69, 9.17) is 11.6 Å². The van der Waals surface area contributed by atoms with Crippen molar-refractivity contribution in [3.05, 3.63) is 59.4 Å². The maximum atomic E-state index is 13.0. The molecule has 1 amide bonds. The Hall–Kier alpha value is -3.66. The quantitative estimate of drug-likeness (QED) is 0.495. The smallest absolute Gasteiger partial charge is 0.250 e. The van der Waals surface area contributed by atoms with Gasteiger partial charge in [0.25, 0.3) is 5.91 Å². The molecular formula is C19H16ClN9O. The van der Waals surface area contributed by atoms with Gasteiger partial charge >= 0.3 is 0 Å². The Kier molecular flexibility index (Phi) is 4.47. The molecule has 2 aromatic heterocycles. The minimum atomic E-state index is -0.0896. The molecule has 0 bridgehead atoms. The van der Waals surface area contributed by atoms with Crippen molar-refractivity contribution in [3.8, 4) is 17.1 Å². The minimum Gasteiger partial charge on any atom is -0.307 e. The zero-order chi connectivity index (χ0) is 20.7. The van der Waals surface area contributed by atoms with Crippen molar-refractivity contribution in [2.45, 2.75) is 25.9 Å². The number of carbonyl (C=O) groups is 1. The predicted octanol–water partition coefficient (Wildman–Crippen LogP) is 1.95. The molecule has 5 rings (SSSR count). The van der Waals surface area contributed by atoms with Gasteiger partial charge in [-0.05, 0) is 58.8 Å². The van der Waals surface area contributed by atoms with E-state index in [9.17, 15) is 4.79 Å². The molecule has 30 heavy (non-hydrogen) atoms. The molecule has 1 unspecified atom stereocenters. The first-order valence-electron chi connectivity index (χ1n) is 9.31. The van der Waals surface area contributed by atoms with E-state index in [1.807, 2.05) is 31.2 Å². The van der Waals surface area contributed by atoms with Crippen LogP contribution in [0.15, 0.2) is 48.8 Å². The number of amides is 1. The average Bonchev–Trinajstić information content (AvgIpc) is 3.47. The zero-order valence-corrected chi connectivity index (χ0v) is 16.7. The van der Waals surface area contributed by atoms with Crippen molar-refractivity contribution in [3.63, 3.8) is 0 Å². The van der Waals surface area contributed by atoms with Crippen LogP contribution in [0.1, 0.15) is 12.5 Å². The predicted molar refractivity (Wildman–Crippen MR) is 108 cm³/mol. The molecular weight excluding hydrogens is 406 g/mol. The largest absolute Gasteiger partial charge is 0.307 e. The Morgan fingerprint density at radius 2 is 2.03 bits per heavy atom. The van der Waals surface area contributed by atoms with Gasteiger partial charge in [0.15, 0.2) is 0 Å². The van der Waals surface area contributed by atoms with Crippen molar-refractivity contribution >= 4 is 23.2 Å². The van der Waals surface area contributed by atoms with Gasteiger partial charge in [-0.15, -0.1) is 15.3 Å². The van der Waals surface area contributed by atoms with Crippen LogP contribution in [0.25, 0.3) is 17.1 Å². The summed E-state index contributed by atoms with van der Waals surface area (Å²) in [6.07, 6.45) is 2.29. The maximum Gasteiger partial charge on any atom is 0.250 e. The number of aromatic nitrogens is 8. The first kappa shape index (κ1) is 18.4. The third-order valence-electron chi connectivity index (χ3n) is 5.00. The van der Waals surface area contributed by atoms with Gasteiger partial charge in [-0.2, -0.15) is 9.48 Å². The van der Waals surface area contributed by atoms with Crippen LogP contribution in [-0.4, -0.2) is 52.4 Å². The standard InChI is InChI=1S/C19H16ClN9O/c1-12-8-13-4-2-3-5-16(13)29(12)18(30)10-28-23-19(22-25-28)15-7-6-14(20)9-17(15)27-11-21-24-26-27/h2-7,9,11-12H,8,10H2,1H3. The molecule has 4 aromatic rings. The van der Waals surface area contributed by atoms with Crippen LogP contribution in [0.4, 0.5) is 5.69 Å². The number of benzene rings is 2. The number of hydrogen-bond donors (Lipinski definition) is 0. The topological polar surface area (TPSA) is 108 Å². The third kappa shape index (κ3) is 3.20. The number of para-hydroxylation sites is 1. The lowest BCUT2D eigenvalue weighted by Gasteiger charge is -2.22. The van der Waals surface area contributed by atoms with E-state index < -0.39 is 0 Å². The van der Waals surface area contributed by atoms with Gasteiger partial charge in [-0.25, -0.2) is 0 Å². The summed E-state index contributed by atoms with van der Waals surface area (Å²) in [7, 11) is 0. The summed E-state index contributed by atoms with van der Waals surface area (Å²) in [6.45, 7) is 2.02. The number of nitrogens with zero attached hydrogens (tertiary/aromatic N) is 9. The fourth-order valence-electron chi connectivity index (χ4n) is 3.72. The number of anilines is 1. The number of hydrogen-bond acceptors (Lipinski definition) is 7.